The predicted octanol–water partition coefficient (Wildman–Crippen LogP) is 2.41. The van der Waals surface area contributed by atoms with E-state index in [4.69, 9.17) is 0 Å². The number of para-hydroxylation sites is 1. The molecule has 0 bridgehead atoms. The molecule has 0 spiro atoms. The molecule has 0 saturated heterocycles. The van der Waals surface area contributed by atoms with Gasteiger partial charge in [-0.1, -0.05) is 24.3 Å². The molecule has 7 heteroatoms. The van der Waals surface area contributed by atoms with Gasteiger partial charge in [0.2, 0.25) is 5.91 Å². The number of carbonyl (C=O) groups is 1. The highest BCUT2D eigenvalue weighted by molar-refractivity contribution is 5.93. The van der Waals surface area contributed by atoms with Crippen LogP contribution in [0.25, 0.3) is 16.6 Å². The minimum atomic E-state index is -0.338. The van der Waals surface area contributed by atoms with Crippen molar-refractivity contribution < 1.29 is 9.18 Å². The number of aryl methyl sites for hydroxylation is 1. The monoisotopic (exact) mass is 364 g/mol. The second-order valence-electron chi connectivity index (χ2n) is 6.35. The Bertz CT molecular complexity index is 1230. The zero-order chi connectivity index (χ0) is 19.0. The molecule has 0 saturated carbocycles. The van der Waals surface area contributed by atoms with E-state index in [1.165, 1.54) is 18.2 Å². The van der Waals surface area contributed by atoms with E-state index >= 15 is 0 Å². The third-order valence-electron chi connectivity index (χ3n) is 4.42. The molecule has 1 N–H and O–H groups in total. The van der Waals surface area contributed by atoms with Gasteiger partial charge >= 0.3 is 0 Å². The number of rotatable bonds is 4. The van der Waals surface area contributed by atoms with Crippen LogP contribution in [0.4, 0.5) is 4.39 Å². The molecule has 0 aliphatic heterocycles. The van der Waals surface area contributed by atoms with E-state index in [2.05, 4.69) is 10.3 Å². The summed E-state index contributed by atoms with van der Waals surface area (Å²) in [6.45, 7) is 2.08. The van der Waals surface area contributed by atoms with Crippen LogP contribution in [0.3, 0.4) is 0 Å². The van der Waals surface area contributed by atoms with Crippen LogP contribution in [0.15, 0.2) is 59.4 Å². The summed E-state index contributed by atoms with van der Waals surface area (Å²) in [5.74, 6) is -0.560. The van der Waals surface area contributed by atoms with E-state index in [-0.39, 0.29) is 30.4 Å². The Labute approximate surface area is 153 Å². The molecule has 136 valence electrons. The molecule has 2 aromatic heterocycles. The summed E-state index contributed by atoms with van der Waals surface area (Å²) in [5, 5.41) is 3.60. The fourth-order valence-corrected chi connectivity index (χ4v) is 3.26. The Hall–Kier alpha value is -3.48. The van der Waals surface area contributed by atoms with E-state index < -0.39 is 0 Å². The number of nitrogens with zero attached hydrogens (tertiary/aromatic N) is 3. The summed E-state index contributed by atoms with van der Waals surface area (Å²) >= 11 is 0. The van der Waals surface area contributed by atoms with E-state index in [1.807, 2.05) is 24.3 Å². The summed E-state index contributed by atoms with van der Waals surface area (Å²) in [6.07, 6.45) is 0. The molecule has 27 heavy (non-hydrogen) atoms. The van der Waals surface area contributed by atoms with E-state index in [0.29, 0.717) is 16.9 Å². The van der Waals surface area contributed by atoms with Crippen LogP contribution >= 0.6 is 0 Å². The van der Waals surface area contributed by atoms with Gasteiger partial charge in [-0.25, -0.2) is 8.91 Å². The molecule has 6 nitrogen and oxygen atoms in total. The smallest absolute Gasteiger partial charge is 0.273 e. The summed E-state index contributed by atoms with van der Waals surface area (Å²) in [4.78, 5) is 28.4. The molecule has 2 aromatic carbocycles. The molecule has 0 radical (unpaired) electrons. The van der Waals surface area contributed by atoms with Crippen LogP contribution in [0.1, 0.15) is 11.3 Å². The number of hydrogen-bond donors (Lipinski definition) is 1. The number of fused-ring (bicyclic) bond motifs is 3. The minimum absolute atomic E-state index is 0.0463. The fourth-order valence-electron chi connectivity index (χ4n) is 3.26. The van der Waals surface area contributed by atoms with Crippen LogP contribution in [-0.2, 0) is 17.9 Å². The highest BCUT2D eigenvalue weighted by Crippen LogP contribution is 2.21. The normalized spacial score (nSPS) is 11.2. The van der Waals surface area contributed by atoms with Crippen molar-refractivity contribution in [3.05, 3.63) is 82.0 Å². The van der Waals surface area contributed by atoms with Crippen LogP contribution in [0, 0.1) is 12.7 Å². The van der Waals surface area contributed by atoms with E-state index in [9.17, 15) is 14.0 Å². The van der Waals surface area contributed by atoms with Gasteiger partial charge in [0, 0.05) is 23.7 Å². The number of carbonyl (C=O) groups excluding carboxylic acids is 1. The highest BCUT2D eigenvalue weighted by Gasteiger charge is 2.15. The number of halogens is 1. The van der Waals surface area contributed by atoms with E-state index in [1.54, 1.807) is 28.3 Å². The first-order valence-electron chi connectivity index (χ1n) is 8.52. The Kier molecular flexibility index (Phi) is 4.19. The van der Waals surface area contributed by atoms with Crippen LogP contribution in [-0.4, -0.2) is 20.1 Å². The number of nitrogens with one attached hydrogen (secondary N) is 1. The zero-order valence-electron chi connectivity index (χ0n) is 14.6. The topological polar surface area (TPSA) is 68.4 Å². The average Bonchev–Trinajstić information content (AvgIpc) is 2.94. The van der Waals surface area contributed by atoms with Gasteiger partial charge in [0.05, 0.1) is 5.52 Å². The molecule has 0 aliphatic carbocycles. The average molecular weight is 364 g/mol. The molecule has 2 heterocycles. The van der Waals surface area contributed by atoms with Crippen LogP contribution in [0.5, 0.6) is 0 Å². The van der Waals surface area contributed by atoms with Crippen molar-refractivity contribution in [1.82, 2.24) is 19.5 Å². The van der Waals surface area contributed by atoms with Gasteiger partial charge in [-0.2, -0.15) is 4.98 Å². The number of hydrogen-bond acceptors (Lipinski definition) is 3. The van der Waals surface area contributed by atoms with E-state index in [0.717, 1.165) is 10.9 Å². The lowest BCUT2D eigenvalue weighted by atomic mass is 10.2. The van der Waals surface area contributed by atoms with Gasteiger partial charge in [0.15, 0.2) is 5.65 Å². The number of amides is 1. The lowest BCUT2D eigenvalue weighted by Crippen LogP contribution is -2.29. The first-order valence-corrected chi connectivity index (χ1v) is 8.52. The molecule has 4 aromatic rings. The summed E-state index contributed by atoms with van der Waals surface area (Å²) < 4.78 is 16.8. The maximum Gasteiger partial charge on any atom is 0.273 e. The quantitative estimate of drug-likeness (QED) is 0.605. The van der Waals surface area contributed by atoms with Crippen molar-refractivity contribution in [2.45, 2.75) is 20.0 Å². The molecule has 4 rings (SSSR count). The highest BCUT2D eigenvalue weighted by atomic mass is 19.1. The third kappa shape index (κ3) is 3.19. The van der Waals surface area contributed by atoms with Crippen molar-refractivity contribution in [3.8, 4) is 0 Å². The molecule has 0 unspecified atom stereocenters. The number of aromatic nitrogens is 3. The maximum atomic E-state index is 13.3. The first kappa shape index (κ1) is 17.0. The molecule has 1 amide bonds. The van der Waals surface area contributed by atoms with Crippen LogP contribution in [0.2, 0.25) is 0 Å². The summed E-state index contributed by atoms with van der Waals surface area (Å²) in [5.41, 5.74) is 2.39. The second-order valence-corrected chi connectivity index (χ2v) is 6.35. The van der Waals surface area contributed by atoms with Gasteiger partial charge < -0.3 is 5.32 Å². The second kappa shape index (κ2) is 6.68. The lowest BCUT2D eigenvalue weighted by Gasteiger charge is -2.11. The van der Waals surface area contributed by atoms with Gasteiger partial charge in [0.25, 0.3) is 5.56 Å². The molecule has 0 aliphatic rings. The SMILES string of the molecule is Cc1cc(=O)nc2c3ccccc3n(CC(=O)NCc3cccc(F)c3)n12. The van der Waals surface area contributed by atoms with Crippen molar-refractivity contribution in [1.29, 1.82) is 0 Å². The fraction of sp³-hybridized carbons (Fsp3) is 0.150. The Balaban J connectivity index is 1.68. The largest absolute Gasteiger partial charge is 0.350 e. The zero-order valence-corrected chi connectivity index (χ0v) is 14.6. The molecular weight excluding hydrogens is 347 g/mol. The van der Waals surface area contributed by atoms with Gasteiger partial charge in [-0.3, -0.25) is 14.3 Å². The maximum absolute atomic E-state index is 13.3. The minimum Gasteiger partial charge on any atom is -0.350 e. The Morgan fingerprint density at radius 3 is 2.78 bits per heavy atom. The third-order valence-corrected chi connectivity index (χ3v) is 4.42. The van der Waals surface area contributed by atoms with Gasteiger partial charge in [-0.05, 0) is 36.8 Å². The number of benzene rings is 2. The van der Waals surface area contributed by atoms with Crippen molar-refractivity contribution >= 4 is 22.5 Å². The van der Waals surface area contributed by atoms with Crippen molar-refractivity contribution in [3.63, 3.8) is 0 Å². The molecule has 0 fully saturated rings. The van der Waals surface area contributed by atoms with Crippen molar-refractivity contribution in [2.24, 2.45) is 0 Å². The van der Waals surface area contributed by atoms with Gasteiger partial charge in [0.1, 0.15) is 12.4 Å². The van der Waals surface area contributed by atoms with Crippen LogP contribution < -0.4 is 10.9 Å². The first-order chi connectivity index (χ1) is 13.0. The van der Waals surface area contributed by atoms with Crippen molar-refractivity contribution in [2.75, 3.05) is 0 Å². The Morgan fingerprint density at radius 2 is 1.96 bits per heavy atom. The standard InChI is InChI=1S/C20H17FN4O2/c1-13-9-18(26)23-20-16-7-2-3-8-17(16)24(25(13)20)12-19(27)22-11-14-5-4-6-15(21)10-14/h2-10H,11-12H2,1H3,(H,22,27). The lowest BCUT2D eigenvalue weighted by molar-refractivity contribution is -0.122. The summed E-state index contributed by atoms with van der Waals surface area (Å²) in [7, 11) is 0. The molecule has 0 atom stereocenters. The predicted molar refractivity (Wildman–Crippen MR) is 99.9 cm³/mol. The Morgan fingerprint density at radius 1 is 1.15 bits per heavy atom. The van der Waals surface area contributed by atoms with Gasteiger partial charge in [-0.15, -0.1) is 0 Å². The molecular formula is C20H17FN4O2. The summed E-state index contributed by atoms with van der Waals surface area (Å²) in [6, 6.07) is 15.0.